The van der Waals surface area contributed by atoms with Crippen molar-refractivity contribution in [2.24, 2.45) is 0 Å². The highest BCUT2D eigenvalue weighted by molar-refractivity contribution is 6.07. The molecule has 3 aromatic carbocycles. The Balaban J connectivity index is 1.78. The minimum atomic E-state index is -0.129. The van der Waals surface area contributed by atoms with Crippen molar-refractivity contribution in [1.82, 2.24) is 10.3 Å². The summed E-state index contributed by atoms with van der Waals surface area (Å²) in [6, 6.07) is 27.1. The van der Waals surface area contributed by atoms with Crippen molar-refractivity contribution in [3.63, 3.8) is 0 Å². The van der Waals surface area contributed by atoms with Crippen LogP contribution in [0.3, 0.4) is 0 Å². The Morgan fingerprint density at radius 2 is 1.62 bits per heavy atom. The summed E-state index contributed by atoms with van der Waals surface area (Å²) in [5.41, 5.74) is 3.99. The van der Waals surface area contributed by atoms with Gasteiger partial charge in [0.25, 0.3) is 5.91 Å². The van der Waals surface area contributed by atoms with E-state index in [-0.39, 0.29) is 11.9 Å². The molecule has 0 aliphatic rings. The van der Waals surface area contributed by atoms with Gasteiger partial charge in [0, 0.05) is 10.9 Å². The summed E-state index contributed by atoms with van der Waals surface area (Å²) in [5, 5.41) is 3.94. The van der Waals surface area contributed by atoms with E-state index < -0.39 is 0 Å². The first kappa shape index (κ1) is 18.7. The van der Waals surface area contributed by atoms with Gasteiger partial charge in [-0.1, -0.05) is 60.7 Å². The minimum absolute atomic E-state index is 0.106. The molecule has 1 aromatic heterocycles. The molecule has 1 heterocycles. The fourth-order valence-electron chi connectivity index (χ4n) is 3.46. The number of nitrogens with zero attached hydrogens (tertiary/aromatic N) is 1. The molecule has 0 saturated carbocycles. The molecule has 0 aliphatic heterocycles. The molecule has 0 saturated heterocycles. The Labute approximate surface area is 170 Å². The van der Waals surface area contributed by atoms with E-state index in [0.717, 1.165) is 27.8 Å². The highest BCUT2D eigenvalue weighted by atomic mass is 16.5. The number of hydrogen-bond donors (Lipinski definition) is 1. The number of fused-ring (bicyclic) bond motifs is 1. The predicted octanol–water partition coefficient (Wildman–Crippen LogP) is 5.40. The highest BCUT2D eigenvalue weighted by Gasteiger charge is 2.17. The van der Waals surface area contributed by atoms with Crippen LogP contribution in [-0.2, 0) is 0 Å². The zero-order chi connectivity index (χ0) is 20.2. The normalized spacial score (nSPS) is 11.8. The van der Waals surface area contributed by atoms with Crippen molar-refractivity contribution in [2.45, 2.75) is 13.0 Å². The molecule has 0 bridgehead atoms. The molecular formula is C25H22N2O2. The van der Waals surface area contributed by atoms with E-state index in [1.165, 1.54) is 0 Å². The Hall–Kier alpha value is -3.66. The lowest BCUT2D eigenvalue weighted by Crippen LogP contribution is -2.27. The third-order valence-corrected chi connectivity index (χ3v) is 4.99. The molecule has 1 atom stereocenters. The number of amides is 1. The second-order valence-corrected chi connectivity index (χ2v) is 6.88. The van der Waals surface area contributed by atoms with Crippen molar-refractivity contribution in [3.8, 4) is 17.0 Å². The number of nitrogens with one attached hydrogen (secondary N) is 1. The Morgan fingerprint density at radius 1 is 0.931 bits per heavy atom. The van der Waals surface area contributed by atoms with Gasteiger partial charge in [0.2, 0.25) is 0 Å². The SMILES string of the molecule is COc1ccccc1-c1cc(C(=O)NC(C)c2ccccc2)c2ccccc2n1. The van der Waals surface area contributed by atoms with Crippen LogP contribution in [0, 0.1) is 0 Å². The summed E-state index contributed by atoms with van der Waals surface area (Å²) in [6.07, 6.45) is 0. The first-order valence-corrected chi connectivity index (χ1v) is 9.56. The molecular weight excluding hydrogens is 360 g/mol. The van der Waals surface area contributed by atoms with Crippen molar-refractivity contribution in [2.75, 3.05) is 7.11 Å². The average Bonchev–Trinajstić information content (AvgIpc) is 2.78. The van der Waals surface area contributed by atoms with Gasteiger partial charge in [0.05, 0.1) is 29.9 Å². The smallest absolute Gasteiger partial charge is 0.252 e. The van der Waals surface area contributed by atoms with Crippen LogP contribution in [0.25, 0.3) is 22.2 Å². The van der Waals surface area contributed by atoms with Crippen LogP contribution in [0.1, 0.15) is 28.9 Å². The zero-order valence-electron chi connectivity index (χ0n) is 16.4. The van der Waals surface area contributed by atoms with Crippen molar-refractivity contribution in [3.05, 3.63) is 96.1 Å². The molecule has 0 aliphatic carbocycles. The van der Waals surface area contributed by atoms with E-state index >= 15 is 0 Å². The van der Waals surface area contributed by atoms with Crippen molar-refractivity contribution < 1.29 is 9.53 Å². The largest absolute Gasteiger partial charge is 0.496 e. The van der Waals surface area contributed by atoms with Crippen LogP contribution in [0.4, 0.5) is 0 Å². The standard InChI is InChI=1S/C25H22N2O2/c1-17(18-10-4-3-5-11-18)26-25(28)21-16-23(20-13-7-9-15-24(20)29-2)27-22-14-8-6-12-19(21)22/h3-17H,1-2H3,(H,26,28). The van der Waals surface area contributed by atoms with Crippen LogP contribution in [0.15, 0.2) is 84.9 Å². The van der Waals surface area contributed by atoms with Gasteiger partial charge in [-0.25, -0.2) is 4.98 Å². The molecule has 1 N–H and O–H groups in total. The molecule has 1 unspecified atom stereocenters. The summed E-state index contributed by atoms with van der Waals surface area (Å²) in [4.78, 5) is 18.0. The van der Waals surface area contributed by atoms with Crippen molar-refractivity contribution >= 4 is 16.8 Å². The van der Waals surface area contributed by atoms with E-state index in [4.69, 9.17) is 9.72 Å². The number of para-hydroxylation sites is 2. The Morgan fingerprint density at radius 3 is 2.41 bits per heavy atom. The van der Waals surface area contributed by atoms with Crippen LogP contribution < -0.4 is 10.1 Å². The predicted molar refractivity (Wildman–Crippen MR) is 116 cm³/mol. The monoisotopic (exact) mass is 382 g/mol. The minimum Gasteiger partial charge on any atom is -0.496 e. The van der Waals surface area contributed by atoms with Gasteiger partial charge in [-0.05, 0) is 36.8 Å². The average molecular weight is 382 g/mol. The maximum absolute atomic E-state index is 13.2. The summed E-state index contributed by atoms with van der Waals surface area (Å²) in [5.74, 6) is 0.593. The van der Waals surface area contributed by atoms with E-state index in [9.17, 15) is 4.79 Å². The number of rotatable bonds is 5. The van der Waals surface area contributed by atoms with Crippen LogP contribution in [0.2, 0.25) is 0 Å². The van der Waals surface area contributed by atoms with Gasteiger partial charge in [-0.3, -0.25) is 4.79 Å². The van der Waals surface area contributed by atoms with Crippen LogP contribution in [-0.4, -0.2) is 18.0 Å². The number of carbonyl (C=O) groups excluding carboxylic acids is 1. The summed E-state index contributed by atoms with van der Waals surface area (Å²) < 4.78 is 5.49. The van der Waals surface area contributed by atoms with E-state index in [0.29, 0.717) is 11.3 Å². The molecule has 0 fully saturated rings. The lowest BCUT2D eigenvalue weighted by molar-refractivity contribution is 0.0941. The van der Waals surface area contributed by atoms with Gasteiger partial charge in [-0.15, -0.1) is 0 Å². The number of aromatic nitrogens is 1. The lowest BCUT2D eigenvalue weighted by atomic mass is 10.0. The topological polar surface area (TPSA) is 51.2 Å². The molecule has 0 radical (unpaired) electrons. The zero-order valence-corrected chi connectivity index (χ0v) is 16.4. The van der Waals surface area contributed by atoms with Crippen LogP contribution in [0.5, 0.6) is 5.75 Å². The number of pyridine rings is 1. The maximum atomic E-state index is 13.2. The fourth-order valence-corrected chi connectivity index (χ4v) is 3.46. The number of carbonyl (C=O) groups is 1. The molecule has 1 amide bonds. The van der Waals surface area contributed by atoms with E-state index in [1.54, 1.807) is 7.11 Å². The quantitative estimate of drug-likeness (QED) is 0.503. The number of ether oxygens (including phenoxy) is 1. The number of methoxy groups -OCH3 is 1. The summed E-state index contributed by atoms with van der Waals surface area (Å²) in [6.45, 7) is 1.98. The summed E-state index contributed by atoms with van der Waals surface area (Å²) in [7, 11) is 1.63. The van der Waals surface area contributed by atoms with Gasteiger partial charge in [0.1, 0.15) is 5.75 Å². The second kappa shape index (κ2) is 8.15. The number of benzene rings is 3. The molecule has 4 aromatic rings. The molecule has 29 heavy (non-hydrogen) atoms. The van der Waals surface area contributed by atoms with Gasteiger partial charge in [-0.2, -0.15) is 0 Å². The molecule has 144 valence electrons. The fraction of sp³-hybridized carbons (Fsp3) is 0.120. The van der Waals surface area contributed by atoms with Gasteiger partial charge >= 0.3 is 0 Å². The molecule has 4 nitrogen and oxygen atoms in total. The van der Waals surface area contributed by atoms with Gasteiger partial charge < -0.3 is 10.1 Å². The first-order chi connectivity index (χ1) is 14.2. The number of hydrogen-bond acceptors (Lipinski definition) is 3. The Bertz CT molecular complexity index is 1160. The summed E-state index contributed by atoms with van der Waals surface area (Å²) >= 11 is 0. The molecule has 4 rings (SSSR count). The van der Waals surface area contributed by atoms with Gasteiger partial charge in [0.15, 0.2) is 0 Å². The molecule has 0 spiro atoms. The first-order valence-electron chi connectivity index (χ1n) is 9.56. The highest BCUT2D eigenvalue weighted by Crippen LogP contribution is 2.31. The third kappa shape index (κ3) is 3.83. The van der Waals surface area contributed by atoms with E-state index in [2.05, 4.69) is 5.32 Å². The third-order valence-electron chi connectivity index (χ3n) is 4.99. The van der Waals surface area contributed by atoms with Crippen LogP contribution >= 0.6 is 0 Å². The second-order valence-electron chi connectivity index (χ2n) is 6.88. The Kier molecular flexibility index (Phi) is 5.25. The van der Waals surface area contributed by atoms with Crippen molar-refractivity contribution in [1.29, 1.82) is 0 Å². The lowest BCUT2D eigenvalue weighted by Gasteiger charge is -2.16. The maximum Gasteiger partial charge on any atom is 0.252 e. The molecule has 4 heteroatoms. The van der Waals surface area contributed by atoms with E-state index in [1.807, 2.05) is 91.9 Å².